The van der Waals surface area contributed by atoms with Gasteiger partial charge < -0.3 is 0 Å². The van der Waals surface area contributed by atoms with Crippen molar-refractivity contribution in [2.45, 2.75) is 36.0 Å². The van der Waals surface area contributed by atoms with Crippen molar-refractivity contribution >= 4 is 10.8 Å². The maximum absolute atomic E-state index is 13.5. The summed E-state index contributed by atoms with van der Waals surface area (Å²) in [6, 6.07) is 5.88. The van der Waals surface area contributed by atoms with Crippen LogP contribution in [0.15, 0.2) is 36.4 Å². The van der Waals surface area contributed by atoms with E-state index in [1.807, 2.05) is 0 Å². The molecule has 0 N–H and O–H groups in total. The van der Waals surface area contributed by atoms with Crippen molar-refractivity contribution in [2.24, 2.45) is 0 Å². The summed E-state index contributed by atoms with van der Waals surface area (Å²) in [5.74, 6) is -21.5. The number of alkyl halides is 14. The molecule has 0 heterocycles. The molecule has 184 valence electrons. The second kappa shape index (κ2) is 8.25. The van der Waals surface area contributed by atoms with Gasteiger partial charge in [0.15, 0.2) is 0 Å². The maximum Gasteiger partial charge on any atom is 0.461 e. The Bertz CT molecular complexity index is 1100. The summed E-state index contributed by atoms with van der Waals surface area (Å²) >= 11 is 0. The van der Waals surface area contributed by atoms with Crippen molar-refractivity contribution in [1.29, 1.82) is 0 Å². The molecule has 34 heavy (non-hydrogen) atoms. The van der Waals surface area contributed by atoms with Crippen LogP contribution >= 0.6 is 0 Å². The molecule has 0 atom stereocenters. The Morgan fingerprint density at radius 3 is 1.09 bits per heavy atom. The summed E-state index contributed by atoms with van der Waals surface area (Å²) < 4.78 is 179. The van der Waals surface area contributed by atoms with Gasteiger partial charge in [-0.25, -0.2) is 0 Å². The van der Waals surface area contributed by atoms with Gasteiger partial charge >= 0.3 is 36.0 Å². The molecule has 0 bridgehead atoms. The highest BCUT2D eigenvalue weighted by Gasteiger charge is 2.73. The molecule has 0 radical (unpaired) electrons. The topological polar surface area (TPSA) is 0 Å². The van der Waals surface area contributed by atoms with Gasteiger partial charge in [-0.15, -0.1) is 0 Å². The number of rotatable bonds is 2. The second-order valence-corrected chi connectivity index (χ2v) is 6.50. The van der Waals surface area contributed by atoms with Gasteiger partial charge in [-0.1, -0.05) is 36.1 Å². The first kappa shape index (κ1) is 27.1. The molecule has 0 aliphatic rings. The third-order valence-corrected chi connectivity index (χ3v) is 4.11. The summed E-state index contributed by atoms with van der Waals surface area (Å²) in [4.78, 5) is 0. The van der Waals surface area contributed by atoms with Crippen LogP contribution in [0.3, 0.4) is 0 Å². The average Bonchev–Trinajstić information content (AvgIpc) is 2.68. The van der Waals surface area contributed by atoms with Crippen LogP contribution in [0.1, 0.15) is 11.1 Å². The molecule has 14 heteroatoms. The summed E-state index contributed by atoms with van der Waals surface area (Å²) in [6.45, 7) is 0. The molecule has 0 saturated carbocycles. The van der Waals surface area contributed by atoms with E-state index in [-0.39, 0.29) is 5.39 Å². The van der Waals surface area contributed by atoms with Crippen LogP contribution in [-0.2, 0) is 0 Å². The minimum atomic E-state index is -6.68. The first-order valence-electron chi connectivity index (χ1n) is 8.38. The lowest BCUT2D eigenvalue weighted by molar-refractivity contribution is -0.339. The first-order valence-corrected chi connectivity index (χ1v) is 8.38. The van der Waals surface area contributed by atoms with Gasteiger partial charge in [-0.3, -0.25) is 0 Å². The zero-order valence-corrected chi connectivity index (χ0v) is 15.8. The van der Waals surface area contributed by atoms with E-state index in [4.69, 9.17) is 0 Å². The lowest BCUT2D eigenvalue weighted by atomic mass is 9.98. The van der Waals surface area contributed by atoms with Crippen LogP contribution in [0.25, 0.3) is 10.8 Å². The lowest BCUT2D eigenvalue weighted by Crippen LogP contribution is -2.51. The third kappa shape index (κ3) is 4.72. The van der Waals surface area contributed by atoms with Crippen molar-refractivity contribution in [3.8, 4) is 23.7 Å². The highest BCUT2D eigenvalue weighted by atomic mass is 19.4. The van der Waals surface area contributed by atoms with E-state index < -0.39 is 52.6 Å². The highest BCUT2D eigenvalue weighted by Crippen LogP contribution is 2.47. The Morgan fingerprint density at radius 1 is 0.471 bits per heavy atom. The number of halogens is 14. The van der Waals surface area contributed by atoms with Crippen molar-refractivity contribution < 1.29 is 61.5 Å². The second-order valence-electron chi connectivity index (χ2n) is 6.50. The molecule has 0 unspecified atom stereocenters. The van der Waals surface area contributed by atoms with E-state index in [0.29, 0.717) is 11.8 Å². The van der Waals surface area contributed by atoms with E-state index in [1.165, 1.54) is 11.8 Å². The van der Waals surface area contributed by atoms with Gasteiger partial charge in [-0.2, -0.15) is 61.5 Å². The zero-order chi connectivity index (χ0) is 26.4. The molecule has 2 rings (SSSR count). The number of hydrogen-bond acceptors (Lipinski definition) is 0. The van der Waals surface area contributed by atoms with Crippen LogP contribution < -0.4 is 0 Å². The molecule has 2 aromatic rings. The Labute approximate surface area is 180 Å². The van der Waals surface area contributed by atoms with Gasteiger partial charge in [0.2, 0.25) is 0 Å². The largest absolute Gasteiger partial charge is 0.461 e. The number of benzene rings is 2. The van der Waals surface area contributed by atoms with Crippen molar-refractivity contribution in [1.82, 2.24) is 0 Å². The predicted molar refractivity (Wildman–Crippen MR) is 89.6 cm³/mol. The Hall–Kier alpha value is -3.16. The summed E-state index contributed by atoms with van der Waals surface area (Å²) in [7, 11) is 0. The zero-order valence-electron chi connectivity index (χ0n) is 15.8. The standard InChI is InChI=1S/C20H6F14/c21-15(22,17(25,26)19(29,30)31)9-7-12-5-1-3-11-4-2-6-13(14(11)12)8-10-16(23,24)18(27,28)20(32,33)34/h1-6H. The predicted octanol–water partition coefficient (Wildman–Crippen LogP) is 7.21. The first-order chi connectivity index (χ1) is 15.2. The van der Waals surface area contributed by atoms with Crippen molar-refractivity contribution in [3.63, 3.8) is 0 Å². The Morgan fingerprint density at radius 2 is 0.794 bits per heavy atom. The molecular weight excluding hydrogens is 506 g/mol. The fourth-order valence-electron chi connectivity index (χ4n) is 2.35. The molecular formula is C20H6F14. The van der Waals surface area contributed by atoms with E-state index >= 15 is 0 Å². The third-order valence-electron chi connectivity index (χ3n) is 4.11. The van der Waals surface area contributed by atoms with Gasteiger partial charge in [0, 0.05) is 16.5 Å². The summed E-state index contributed by atoms with van der Waals surface area (Å²) in [5, 5.41) is -0.669. The van der Waals surface area contributed by atoms with E-state index in [9.17, 15) is 61.5 Å². The Kier molecular flexibility index (Phi) is 6.57. The molecule has 0 spiro atoms. The van der Waals surface area contributed by atoms with Crippen LogP contribution in [0.5, 0.6) is 0 Å². The molecule has 0 nitrogen and oxygen atoms in total. The monoisotopic (exact) mass is 512 g/mol. The normalized spacial score (nSPS) is 13.7. The van der Waals surface area contributed by atoms with Gasteiger partial charge in [0.05, 0.1) is 0 Å². The molecule has 0 aromatic heterocycles. The highest BCUT2D eigenvalue weighted by molar-refractivity contribution is 5.93. The van der Waals surface area contributed by atoms with E-state index in [1.54, 1.807) is 0 Å². The molecule has 0 amide bonds. The smallest absolute Gasteiger partial charge is 0.188 e. The summed E-state index contributed by atoms with van der Waals surface area (Å²) in [6.07, 6.45) is -13.4. The molecule has 2 aromatic carbocycles. The minimum Gasteiger partial charge on any atom is -0.188 e. The molecule has 0 saturated heterocycles. The molecule has 0 fully saturated rings. The van der Waals surface area contributed by atoms with E-state index in [2.05, 4.69) is 0 Å². The maximum atomic E-state index is 13.5. The van der Waals surface area contributed by atoms with Crippen LogP contribution in [0.2, 0.25) is 0 Å². The molecule has 0 aliphatic carbocycles. The van der Waals surface area contributed by atoms with Crippen molar-refractivity contribution in [2.75, 3.05) is 0 Å². The Balaban J connectivity index is 2.68. The summed E-state index contributed by atoms with van der Waals surface area (Å²) in [5.41, 5.74) is -1.54. The number of hydrogen-bond donors (Lipinski definition) is 0. The quantitative estimate of drug-likeness (QED) is 0.295. The fourth-order valence-corrected chi connectivity index (χ4v) is 2.35. The fraction of sp³-hybridized carbons (Fsp3) is 0.300. The van der Waals surface area contributed by atoms with Gasteiger partial charge in [0.25, 0.3) is 0 Å². The van der Waals surface area contributed by atoms with Crippen LogP contribution in [-0.4, -0.2) is 36.0 Å². The number of fused-ring (bicyclic) bond motifs is 1. The SMILES string of the molecule is FC(F)(F)C(F)(F)C(F)(F)C#Cc1cccc2cccc(C#CC(F)(F)C(F)(F)C(F)(F)F)c12. The average molecular weight is 512 g/mol. The lowest BCUT2D eigenvalue weighted by Gasteiger charge is -2.24. The van der Waals surface area contributed by atoms with Crippen molar-refractivity contribution in [3.05, 3.63) is 47.5 Å². The van der Waals surface area contributed by atoms with Crippen LogP contribution in [0.4, 0.5) is 61.5 Å². The van der Waals surface area contributed by atoms with Gasteiger partial charge in [0.1, 0.15) is 0 Å². The van der Waals surface area contributed by atoms with Crippen LogP contribution in [0, 0.1) is 23.7 Å². The molecule has 0 aliphatic heterocycles. The van der Waals surface area contributed by atoms with Gasteiger partial charge in [-0.05, 0) is 29.4 Å². The minimum absolute atomic E-state index is 0.115. The van der Waals surface area contributed by atoms with E-state index in [0.717, 1.165) is 36.4 Å².